The van der Waals surface area contributed by atoms with E-state index in [4.69, 9.17) is 16.3 Å². The highest BCUT2D eigenvalue weighted by atomic mass is 35.5. The molecule has 0 unspecified atom stereocenters. The third kappa shape index (κ3) is 3.64. The average Bonchev–Trinajstić information content (AvgIpc) is 3.03. The Morgan fingerprint density at radius 2 is 1.90 bits per heavy atom. The summed E-state index contributed by atoms with van der Waals surface area (Å²) < 4.78 is 8.32. The lowest BCUT2D eigenvalue weighted by Crippen LogP contribution is -2.55. The highest BCUT2D eigenvalue weighted by Gasteiger charge is 2.44. The number of benzene rings is 1. The predicted molar refractivity (Wildman–Crippen MR) is 107 cm³/mol. The van der Waals surface area contributed by atoms with Crippen LogP contribution < -0.4 is 5.69 Å². The molecule has 9 nitrogen and oxygen atoms in total. The number of pyridine rings is 1. The molecular weight excluding hydrogens is 414 g/mol. The van der Waals surface area contributed by atoms with Crippen LogP contribution in [0, 0.1) is 6.92 Å². The van der Waals surface area contributed by atoms with Gasteiger partial charge >= 0.3 is 5.69 Å². The summed E-state index contributed by atoms with van der Waals surface area (Å²) >= 11 is 6.32. The summed E-state index contributed by atoms with van der Waals surface area (Å²) in [5.74, 6) is 0. The number of aliphatic hydroxyl groups excluding tert-OH is 4. The Kier molecular flexibility index (Phi) is 5.67. The highest BCUT2D eigenvalue weighted by molar-refractivity contribution is 6.31. The second-order valence-electron chi connectivity index (χ2n) is 7.47. The van der Waals surface area contributed by atoms with Gasteiger partial charge in [0.2, 0.25) is 0 Å². The normalized spacial score (nSPS) is 26.9. The molecule has 2 aromatic heterocycles. The average molecular weight is 436 g/mol. The third-order valence-electron chi connectivity index (χ3n) is 5.35. The number of aryl methyl sites for hydroxylation is 1. The Labute approximate surface area is 176 Å². The molecule has 0 spiro atoms. The van der Waals surface area contributed by atoms with E-state index in [1.807, 2.05) is 13.0 Å². The molecule has 0 bridgehead atoms. The minimum absolute atomic E-state index is 0.0870. The van der Waals surface area contributed by atoms with E-state index in [9.17, 15) is 25.2 Å². The van der Waals surface area contributed by atoms with Gasteiger partial charge in [-0.2, -0.15) is 0 Å². The van der Waals surface area contributed by atoms with E-state index in [0.29, 0.717) is 21.8 Å². The fourth-order valence-electron chi connectivity index (χ4n) is 3.65. The van der Waals surface area contributed by atoms with Crippen LogP contribution in [-0.4, -0.2) is 65.6 Å². The van der Waals surface area contributed by atoms with Crippen LogP contribution >= 0.6 is 11.6 Å². The van der Waals surface area contributed by atoms with Gasteiger partial charge in [0.15, 0.2) is 5.65 Å². The maximum Gasteiger partial charge on any atom is 0.350 e. The lowest BCUT2D eigenvalue weighted by Gasteiger charge is -2.40. The molecule has 3 aromatic rings. The summed E-state index contributed by atoms with van der Waals surface area (Å²) in [6.45, 7) is 1.48. The topological polar surface area (TPSA) is 129 Å². The first-order valence-electron chi connectivity index (χ1n) is 9.45. The number of rotatable bonds is 4. The van der Waals surface area contributed by atoms with E-state index < -0.39 is 37.1 Å². The molecule has 1 fully saturated rings. The molecule has 10 heteroatoms. The van der Waals surface area contributed by atoms with Crippen molar-refractivity contribution in [1.29, 1.82) is 0 Å². The zero-order valence-electron chi connectivity index (χ0n) is 16.1. The smallest absolute Gasteiger partial charge is 0.350 e. The van der Waals surface area contributed by atoms with E-state index in [0.717, 1.165) is 5.56 Å². The third-order valence-corrected chi connectivity index (χ3v) is 5.72. The Morgan fingerprint density at radius 1 is 1.13 bits per heavy atom. The van der Waals surface area contributed by atoms with Crippen molar-refractivity contribution in [3.8, 4) is 0 Å². The van der Waals surface area contributed by atoms with Crippen molar-refractivity contribution >= 4 is 17.2 Å². The fraction of sp³-hybridized carbons (Fsp3) is 0.400. The molecule has 30 heavy (non-hydrogen) atoms. The predicted octanol–water partition coefficient (Wildman–Crippen LogP) is 0.0210. The Bertz CT molecular complexity index is 1130. The first kappa shape index (κ1) is 21.0. The van der Waals surface area contributed by atoms with Crippen molar-refractivity contribution in [3.63, 3.8) is 0 Å². The quantitative estimate of drug-likeness (QED) is 0.454. The van der Waals surface area contributed by atoms with Crippen LogP contribution in [0.3, 0.4) is 0 Å². The summed E-state index contributed by atoms with van der Waals surface area (Å²) in [6.07, 6.45) is -4.67. The van der Waals surface area contributed by atoms with Crippen LogP contribution in [0.15, 0.2) is 41.3 Å². The molecule has 1 saturated heterocycles. The monoisotopic (exact) mass is 435 g/mol. The van der Waals surface area contributed by atoms with Gasteiger partial charge in [-0.25, -0.2) is 9.48 Å². The Hall–Kier alpha value is -2.27. The van der Waals surface area contributed by atoms with E-state index in [2.05, 4.69) is 5.10 Å². The van der Waals surface area contributed by atoms with Gasteiger partial charge in [0.1, 0.15) is 30.5 Å². The first-order valence-corrected chi connectivity index (χ1v) is 9.82. The minimum atomic E-state index is -1.48. The van der Waals surface area contributed by atoms with E-state index in [1.165, 1.54) is 9.08 Å². The molecule has 1 aliphatic rings. The van der Waals surface area contributed by atoms with Crippen LogP contribution in [0.25, 0.3) is 5.65 Å². The summed E-state index contributed by atoms with van der Waals surface area (Å²) in [7, 11) is 0. The largest absolute Gasteiger partial charge is 0.394 e. The van der Waals surface area contributed by atoms with Crippen LogP contribution in [0.2, 0.25) is 5.02 Å². The summed E-state index contributed by atoms with van der Waals surface area (Å²) in [5.41, 5.74) is 2.22. The highest BCUT2D eigenvalue weighted by Crippen LogP contribution is 2.34. The lowest BCUT2D eigenvalue weighted by molar-refractivity contribution is -0.231. The molecule has 4 rings (SSSR count). The molecule has 5 atom stereocenters. The summed E-state index contributed by atoms with van der Waals surface area (Å²) in [6, 6.07) is 8.47. The molecule has 1 aliphatic heterocycles. The molecule has 0 saturated carbocycles. The minimum Gasteiger partial charge on any atom is -0.394 e. The number of fused-ring (bicyclic) bond motifs is 1. The van der Waals surface area contributed by atoms with Crippen molar-refractivity contribution in [1.82, 2.24) is 14.2 Å². The van der Waals surface area contributed by atoms with Gasteiger partial charge in [0.05, 0.1) is 13.2 Å². The molecule has 0 radical (unpaired) electrons. The second kappa shape index (κ2) is 8.10. The number of halogens is 1. The molecule has 1 aromatic carbocycles. The maximum absolute atomic E-state index is 12.6. The van der Waals surface area contributed by atoms with Gasteiger partial charge in [-0.15, -0.1) is 5.10 Å². The van der Waals surface area contributed by atoms with E-state index in [-0.39, 0.29) is 12.2 Å². The van der Waals surface area contributed by atoms with Crippen molar-refractivity contribution in [3.05, 3.63) is 68.7 Å². The molecule has 0 amide bonds. The van der Waals surface area contributed by atoms with Crippen LogP contribution in [-0.2, 0) is 11.3 Å². The van der Waals surface area contributed by atoms with Crippen molar-refractivity contribution in [2.24, 2.45) is 0 Å². The number of aliphatic hydroxyl groups is 4. The standard InChI is InChI=1S/C20H22ClN3O6/c1-10-4-5-23-15(6-10)22-24(20(23)29)8-12-7-11(2-3-13(12)21)19-18(28)17(27)16(26)14(9-25)30-19/h2-7,14,16-19,25-28H,8-9H2,1H3/t14-,16-,17+,18-,19+/m1/s1. The van der Waals surface area contributed by atoms with Gasteiger partial charge in [-0.05, 0) is 47.9 Å². The molecule has 160 valence electrons. The maximum atomic E-state index is 12.6. The summed E-state index contributed by atoms with van der Waals surface area (Å²) in [5, 5.41) is 44.5. The molecule has 3 heterocycles. The molecule has 4 N–H and O–H groups in total. The fourth-order valence-corrected chi connectivity index (χ4v) is 3.83. The zero-order valence-corrected chi connectivity index (χ0v) is 16.8. The van der Waals surface area contributed by atoms with Crippen molar-refractivity contribution in [2.45, 2.75) is 44.0 Å². The SMILES string of the molecule is Cc1ccn2c(=O)n(Cc3cc([C@@H]4O[C@H](CO)[C@@H](O)[C@H](O)[C@H]4O)ccc3Cl)nc2c1. The van der Waals surface area contributed by atoms with Gasteiger partial charge in [-0.1, -0.05) is 17.7 Å². The van der Waals surface area contributed by atoms with Crippen molar-refractivity contribution < 1.29 is 25.2 Å². The van der Waals surface area contributed by atoms with Crippen LogP contribution in [0.5, 0.6) is 0 Å². The van der Waals surface area contributed by atoms with Crippen LogP contribution in [0.4, 0.5) is 0 Å². The summed E-state index contributed by atoms with van der Waals surface area (Å²) in [4.78, 5) is 12.6. The number of hydrogen-bond acceptors (Lipinski definition) is 7. The molecule has 0 aliphatic carbocycles. The molecular formula is C20H22ClN3O6. The first-order chi connectivity index (χ1) is 14.3. The second-order valence-corrected chi connectivity index (χ2v) is 7.88. The number of hydrogen-bond donors (Lipinski definition) is 4. The van der Waals surface area contributed by atoms with Gasteiger partial charge in [-0.3, -0.25) is 4.40 Å². The van der Waals surface area contributed by atoms with Crippen LogP contribution in [0.1, 0.15) is 22.8 Å². The Morgan fingerprint density at radius 3 is 2.63 bits per heavy atom. The van der Waals surface area contributed by atoms with E-state index in [1.54, 1.807) is 30.5 Å². The van der Waals surface area contributed by atoms with Gasteiger partial charge < -0.3 is 25.2 Å². The Balaban J connectivity index is 1.67. The lowest BCUT2D eigenvalue weighted by atomic mass is 9.90. The van der Waals surface area contributed by atoms with Gasteiger partial charge in [0, 0.05) is 11.2 Å². The number of ether oxygens (including phenoxy) is 1. The van der Waals surface area contributed by atoms with Crippen molar-refractivity contribution in [2.75, 3.05) is 6.61 Å². The van der Waals surface area contributed by atoms with Gasteiger partial charge in [0.25, 0.3) is 0 Å². The number of nitrogens with zero attached hydrogens (tertiary/aromatic N) is 3. The zero-order chi connectivity index (χ0) is 21.6. The number of aromatic nitrogens is 3. The van der Waals surface area contributed by atoms with E-state index >= 15 is 0 Å².